The summed E-state index contributed by atoms with van der Waals surface area (Å²) in [4.78, 5) is 4.62. The third-order valence-electron chi connectivity index (χ3n) is 9.28. The van der Waals surface area contributed by atoms with E-state index in [1.54, 1.807) is 6.21 Å². The van der Waals surface area contributed by atoms with Crippen LogP contribution in [0, 0.1) is 17.3 Å². The molecule has 0 heterocycles. The molecule has 0 saturated heterocycles. The molecule has 0 aromatic heterocycles. The second-order valence-corrected chi connectivity index (χ2v) is 12.0. The van der Waals surface area contributed by atoms with Gasteiger partial charge in [-0.1, -0.05) is 128 Å². The molecule has 0 bridgehead atoms. The summed E-state index contributed by atoms with van der Waals surface area (Å²) in [6, 6.07) is 41.4. The number of benzene rings is 5. The maximum atomic E-state index is 10.9. The van der Waals surface area contributed by atoms with Gasteiger partial charge < -0.3 is 5.11 Å². The molecule has 1 unspecified atom stereocenters. The van der Waals surface area contributed by atoms with Crippen molar-refractivity contribution in [3.8, 4) is 39.8 Å². The van der Waals surface area contributed by atoms with Crippen LogP contribution in [0.1, 0.15) is 54.4 Å². The fraction of sp³-hybridized carbons (Fsp3) is 0.140. The lowest BCUT2D eigenvalue weighted by Crippen LogP contribution is -2.27. The normalized spacial score (nSPS) is 14.8. The molecule has 5 aromatic rings. The molecule has 0 radical (unpaired) electrons. The Morgan fingerprint density at radius 3 is 2.13 bits per heavy atom. The number of allylic oxidation sites excluding steroid dienone is 4. The summed E-state index contributed by atoms with van der Waals surface area (Å²) in [5.74, 6) is 7.41. The molecule has 7 rings (SSSR count). The van der Waals surface area contributed by atoms with Crippen molar-refractivity contribution in [1.82, 2.24) is 0 Å². The van der Waals surface area contributed by atoms with E-state index in [1.807, 2.05) is 72.8 Å². The first-order valence-electron chi connectivity index (χ1n) is 15.7. The van der Waals surface area contributed by atoms with Crippen molar-refractivity contribution in [2.75, 3.05) is 0 Å². The fourth-order valence-electron chi connectivity index (χ4n) is 6.96. The molecule has 0 spiro atoms. The lowest BCUT2D eigenvalue weighted by molar-refractivity contribution is 0.335. The van der Waals surface area contributed by atoms with Gasteiger partial charge in [0.05, 0.1) is 5.69 Å². The van der Waals surface area contributed by atoms with Crippen molar-refractivity contribution >= 4 is 11.9 Å². The van der Waals surface area contributed by atoms with Crippen molar-refractivity contribution < 1.29 is 5.11 Å². The van der Waals surface area contributed by atoms with E-state index in [4.69, 9.17) is 0 Å². The van der Waals surface area contributed by atoms with Crippen LogP contribution in [0.25, 0.3) is 22.3 Å². The first-order chi connectivity index (χ1) is 22.1. The van der Waals surface area contributed by atoms with Gasteiger partial charge in [0, 0.05) is 40.7 Å². The number of para-hydroxylation sites is 1. The maximum absolute atomic E-state index is 10.9. The molecule has 218 valence electrons. The van der Waals surface area contributed by atoms with Gasteiger partial charge in [-0.2, -0.15) is 0 Å². The Bertz CT molecular complexity index is 1960. The van der Waals surface area contributed by atoms with Gasteiger partial charge in [-0.15, -0.1) is 0 Å². The van der Waals surface area contributed by atoms with E-state index in [2.05, 4.69) is 90.5 Å². The zero-order valence-electron chi connectivity index (χ0n) is 25.4. The molecule has 0 saturated carbocycles. The summed E-state index contributed by atoms with van der Waals surface area (Å²) in [5, 5.41) is 10.9. The van der Waals surface area contributed by atoms with E-state index < -0.39 is 0 Å². The minimum atomic E-state index is -0.0632. The number of fused-ring (bicyclic) bond motifs is 3. The molecular weight excluding hydrogens is 546 g/mol. The summed E-state index contributed by atoms with van der Waals surface area (Å²) in [6.45, 7) is 2.43. The van der Waals surface area contributed by atoms with Crippen LogP contribution in [0.3, 0.4) is 0 Å². The van der Waals surface area contributed by atoms with Crippen molar-refractivity contribution in [2.45, 2.75) is 32.1 Å². The van der Waals surface area contributed by atoms with Gasteiger partial charge in [0.25, 0.3) is 0 Å². The highest BCUT2D eigenvalue weighted by Gasteiger charge is 2.43. The second kappa shape index (κ2) is 12.3. The molecule has 1 atom stereocenters. The lowest BCUT2D eigenvalue weighted by Gasteiger charge is -2.38. The quantitative estimate of drug-likeness (QED) is 0.150. The molecule has 0 aliphatic heterocycles. The maximum Gasteiger partial charge on any atom is 0.132 e. The Labute approximate surface area is 266 Å². The van der Waals surface area contributed by atoms with Gasteiger partial charge in [0.2, 0.25) is 0 Å². The third-order valence-corrected chi connectivity index (χ3v) is 9.28. The van der Waals surface area contributed by atoms with Gasteiger partial charge in [-0.3, -0.25) is 4.99 Å². The smallest absolute Gasteiger partial charge is 0.132 e. The van der Waals surface area contributed by atoms with E-state index in [0.29, 0.717) is 11.5 Å². The summed E-state index contributed by atoms with van der Waals surface area (Å²) >= 11 is 0. The Kier molecular flexibility index (Phi) is 7.76. The highest BCUT2D eigenvalue weighted by molar-refractivity contribution is 5.89. The molecule has 2 nitrogen and oxygen atoms in total. The summed E-state index contributed by atoms with van der Waals surface area (Å²) in [5.41, 5.74) is 11.2. The molecule has 2 aliphatic rings. The minimum Gasteiger partial charge on any atom is -0.507 e. The van der Waals surface area contributed by atoms with Crippen LogP contribution < -0.4 is 0 Å². The number of phenolic OH excluding ortho intramolecular Hbond substituents is 1. The van der Waals surface area contributed by atoms with Crippen molar-refractivity contribution in [1.29, 1.82) is 0 Å². The standard InChI is InChI=1S/C43H35NO/c1-43(34-18-5-6-19-34,41-39-22-9-7-20-37(39)38-21-8-10-23-40(38)41)29-12-11-14-31-25-27-35(28-26-31)44-30-33-17-13-24-36(42(33)45)32-15-3-2-4-16-32/h2-5,7-10,13,15-28,30,41,45H,6,12,29H2,1H3. The van der Waals surface area contributed by atoms with E-state index in [1.165, 1.54) is 27.8 Å². The first kappa shape index (κ1) is 28.4. The van der Waals surface area contributed by atoms with Gasteiger partial charge in [-0.05, 0) is 76.6 Å². The molecule has 1 N–H and O–H groups in total. The minimum absolute atomic E-state index is 0.0632. The number of aromatic hydroxyl groups is 1. The SMILES string of the molecule is CC(CCC#Cc1ccc(N=Cc2cccc(-c3ccccc3)c2O)cc1)(C1=CCC=C1)C1c2ccccc2-c2ccccc21. The molecule has 0 fully saturated rings. The molecular formula is C43H35NO. The third kappa shape index (κ3) is 5.54. The van der Waals surface area contributed by atoms with Gasteiger partial charge in [0.1, 0.15) is 5.75 Å². The van der Waals surface area contributed by atoms with E-state index in [9.17, 15) is 5.11 Å². The predicted molar refractivity (Wildman–Crippen MR) is 187 cm³/mol. The molecule has 2 heteroatoms. The van der Waals surface area contributed by atoms with Gasteiger partial charge in [-0.25, -0.2) is 0 Å². The van der Waals surface area contributed by atoms with E-state index in [0.717, 1.165) is 41.6 Å². The average molecular weight is 582 g/mol. The Balaban J connectivity index is 1.07. The average Bonchev–Trinajstić information content (AvgIpc) is 3.75. The molecule has 5 aromatic carbocycles. The fourth-order valence-corrected chi connectivity index (χ4v) is 6.96. The van der Waals surface area contributed by atoms with Crippen LogP contribution in [0.4, 0.5) is 5.69 Å². The predicted octanol–water partition coefficient (Wildman–Crippen LogP) is 10.6. The van der Waals surface area contributed by atoms with E-state index in [-0.39, 0.29) is 11.2 Å². The topological polar surface area (TPSA) is 32.6 Å². The Morgan fingerprint density at radius 2 is 1.44 bits per heavy atom. The number of nitrogens with zero attached hydrogens (tertiary/aromatic N) is 1. The van der Waals surface area contributed by atoms with Crippen LogP contribution in [0.5, 0.6) is 5.75 Å². The molecule has 0 amide bonds. The number of rotatable bonds is 7. The van der Waals surface area contributed by atoms with Crippen LogP contribution in [-0.2, 0) is 0 Å². The summed E-state index contributed by atoms with van der Waals surface area (Å²) < 4.78 is 0. The molecule has 2 aliphatic carbocycles. The number of hydrogen-bond donors (Lipinski definition) is 1. The van der Waals surface area contributed by atoms with E-state index >= 15 is 0 Å². The van der Waals surface area contributed by atoms with Crippen LogP contribution in [0.15, 0.2) is 150 Å². The Hall–Kier alpha value is -5.39. The molecule has 45 heavy (non-hydrogen) atoms. The number of aliphatic imine (C=N–C) groups is 1. The monoisotopic (exact) mass is 581 g/mol. The zero-order chi connectivity index (χ0) is 30.6. The highest BCUT2D eigenvalue weighted by atomic mass is 16.3. The van der Waals surface area contributed by atoms with Gasteiger partial charge in [0.15, 0.2) is 0 Å². The summed E-state index contributed by atoms with van der Waals surface area (Å²) in [6.07, 6.45) is 11.5. The highest BCUT2D eigenvalue weighted by Crippen LogP contribution is 2.57. The Morgan fingerprint density at radius 1 is 0.778 bits per heavy atom. The zero-order valence-corrected chi connectivity index (χ0v) is 25.4. The van der Waals surface area contributed by atoms with Crippen molar-refractivity contribution in [2.24, 2.45) is 10.4 Å². The van der Waals surface area contributed by atoms with Crippen LogP contribution >= 0.6 is 0 Å². The van der Waals surface area contributed by atoms with Crippen molar-refractivity contribution in [3.05, 3.63) is 167 Å². The van der Waals surface area contributed by atoms with Crippen LogP contribution in [-0.4, -0.2) is 11.3 Å². The first-order valence-corrected chi connectivity index (χ1v) is 15.7. The van der Waals surface area contributed by atoms with Gasteiger partial charge >= 0.3 is 0 Å². The summed E-state index contributed by atoms with van der Waals surface area (Å²) in [7, 11) is 0. The number of hydrogen-bond acceptors (Lipinski definition) is 2. The van der Waals surface area contributed by atoms with Crippen molar-refractivity contribution in [3.63, 3.8) is 0 Å². The lowest BCUT2D eigenvalue weighted by atomic mass is 9.65. The number of phenols is 1. The van der Waals surface area contributed by atoms with Crippen LogP contribution in [0.2, 0.25) is 0 Å². The second-order valence-electron chi connectivity index (χ2n) is 12.0. The largest absolute Gasteiger partial charge is 0.507 e.